The normalized spacial score (nSPS) is 22.8. The summed E-state index contributed by atoms with van der Waals surface area (Å²) in [5, 5.41) is 4.27. The van der Waals surface area contributed by atoms with Crippen LogP contribution in [-0.2, 0) is 19.6 Å². The SMILES string of the molecule is O=C(COC(=O)C1CC(S(=O)(=O)N2CCCC2)CN1)c1ccc2ccccc2c1. The average molecular weight is 416 g/mol. The number of ether oxygens (including phenoxy) is 1. The van der Waals surface area contributed by atoms with Gasteiger partial charge in [-0.25, -0.2) is 12.7 Å². The van der Waals surface area contributed by atoms with Crippen LogP contribution in [0.2, 0.25) is 0 Å². The number of carbonyl (C=O) groups excluding carboxylic acids is 2. The van der Waals surface area contributed by atoms with Crippen molar-refractivity contribution < 1.29 is 22.7 Å². The fourth-order valence-corrected chi connectivity index (χ4v) is 5.88. The summed E-state index contributed by atoms with van der Waals surface area (Å²) in [7, 11) is -3.40. The molecule has 29 heavy (non-hydrogen) atoms. The number of nitrogens with zero attached hydrogens (tertiary/aromatic N) is 1. The Morgan fingerprint density at radius 1 is 1.07 bits per heavy atom. The predicted octanol–water partition coefficient (Wildman–Crippen LogP) is 1.72. The molecule has 2 unspecified atom stereocenters. The lowest BCUT2D eigenvalue weighted by Gasteiger charge is -2.19. The molecular formula is C21H24N2O5S. The number of carbonyl (C=O) groups is 2. The Labute approximate surface area is 170 Å². The lowest BCUT2D eigenvalue weighted by molar-refractivity contribution is -0.144. The highest BCUT2D eigenvalue weighted by Gasteiger charge is 2.41. The molecule has 0 spiro atoms. The quantitative estimate of drug-likeness (QED) is 0.569. The maximum atomic E-state index is 12.6. The molecule has 2 aromatic rings. The van der Waals surface area contributed by atoms with E-state index >= 15 is 0 Å². The Hall–Kier alpha value is -2.29. The fourth-order valence-electron chi connectivity index (χ4n) is 3.95. The fraction of sp³-hybridized carbons (Fsp3) is 0.429. The van der Waals surface area contributed by atoms with Gasteiger partial charge in [0.2, 0.25) is 10.0 Å². The molecule has 2 aromatic carbocycles. The zero-order valence-electron chi connectivity index (χ0n) is 16.0. The first-order valence-corrected chi connectivity index (χ1v) is 11.4. The van der Waals surface area contributed by atoms with E-state index in [1.807, 2.05) is 30.3 Å². The lowest BCUT2D eigenvalue weighted by Crippen LogP contribution is -2.37. The smallest absolute Gasteiger partial charge is 0.323 e. The highest BCUT2D eigenvalue weighted by Crippen LogP contribution is 2.23. The zero-order chi connectivity index (χ0) is 20.4. The molecule has 8 heteroatoms. The van der Waals surface area contributed by atoms with Crippen molar-refractivity contribution in [1.82, 2.24) is 9.62 Å². The number of nitrogens with one attached hydrogen (secondary N) is 1. The van der Waals surface area contributed by atoms with Crippen LogP contribution in [0.4, 0.5) is 0 Å². The van der Waals surface area contributed by atoms with Crippen LogP contribution in [0.1, 0.15) is 29.6 Å². The second kappa shape index (κ2) is 8.22. The Bertz CT molecular complexity index is 1030. The third-order valence-electron chi connectivity index (χ3n) is 5.64. The molecule has 0 saturated carbocycles. The molecule has 2 atom stereocenters. The van der Waals surface area contributed by atoms with Crippen molar-refractivity contribution in [2.45, 2.75) is 30.6 Å². The van der Waals surface area contributed by atoms with Gasteiger partial charge >= 0.3 is 5.97 Å². The minimum absolute atomic E-state index is 0.168. The van der Waals surface area contributed by atoms with Crippen molar-refractivity contribution in [2.75, 3.05) is 26.2 Å². The van der Waals surface area contributed by atoms with Crippen molar-refractivity contribution in [3.8, 4) is 0 Å². The second-order valence-electron chi connectivity index (χ2n) is 7.56. The van der Waals surface area contributed by atoms with Gasteiger partial charge in [0.15, 0.2) is 12.4 Å². The average Bonchev–Trinajstić information content (AvgIpc) is 3.44. The molecule has 4 rings (SSSR count). The second-order valence-corrected chi connectivity index (χ2v) is 9.78. The zero-order valence-corrected chi connectivity index (χ0v) is 16.9. The van der Waals surface area contributed by atoms with E-state index in [4.69, 9.17) is 4.74 Å². The van der Waals surface area contributed by atoms with Crippen molar-refractivity contribution in [1.29, 1.82) is 0 Å². The standard InChI is InChI=1S/C21H24N2O5S/c24-20(17-8-7-15-5-1-2-6-16(15)11-17)14-28-21(25)19-12-18(13-22-19)29(26,27)23-9-3-4-10-23/h1-2,5-8,11,18-19,22H,3-4,9-10,12-14H2. The molecule has 0 aromatic heterocycles. The van der Waals surface area contributed by atoms with Gasteiger partial charge in [-0.05, 0) is 36.1 Å². The Morgan fingerprint density at radius 2 is 1.79 bits per heavy atom. The number of fused-ring (bicyclic) bond motifs is 1. The number of hydrogen-bond acceptors (Lipinski definition) is 6. The van der Waals surface area contributed by atoms with Crippen LogP contribution >= 0.6 is 0 Å². The molecule has 2 saturated heterocycles. The maximum Gasteiger partial charge on any atom is 0.323 e. The highest BCUT2D eigenvalue weighted by atomic mass is 32.2. The number of benzene rings is 2. The summed E-state index contributed by atoms with van der Waals surface area (Å²) >= 11 is 0. The molecule has 0 amide bonds. The summed E-state index contributed by atoms with van der Waals surface area (Å²) in [6.07, 6.45) is 1.92. The van der Waals surface area contributed by atoms with E-state index in [-0.39, 0.29) is 25.4 Å². The van der Waals surface area contributed by atoms with Crippen LogP contribution in [0.25, 0.3) is 10.8 Å². The predicted molar refractivity (Wildman–Crippen MR) is 109 cm³/mol. The van der Waals surface area contributed by atoms with Gasteiger partial charge in [-0.15, -0.1) is 0 Å². The third-order valence-corrected chi connectivity index (χ3v) is 7.92. The number of rotatable bonds is 6. The molecule has 2 fully saturated rings. The van der Waals surface area contributed by atoms with E-state index in [1.165, 1.54) is 4.31 Å². The summed E-state index contributed by atoms with van der Waals surface area (Å²) in [6.45, 7) is 0.957. The summed E-state index contributed by atoms with van der Waals surface area (Å²) in [6, 6.07) is 12.3. The first-order chi connectivity index (χ1) is 13.9. The van der Waals surface area contributed by atoms with Gasteiger partial charge < -0.3 is 10.1 Å². The molecule has 2 aliphatic heterocycles. The maximum absolute atomic E-state index is 12.6. The van der Waals surface area contributed by atoms with Gasteiger partial charge in [-0.3, -0.25) is 9.59 Å². The third kappa shape index (κ3) is 4.19. The minimum atomic E-state index is -3.40. The van der Waals surface area contributed by atoms with Crippen molar-refractivity contribution in [3.63, 3.8) is 0 Å². The molecule has 1 N–H and O–H groups in total. The highest BCUT2D eigenvalue weighted by molar-refractivity contribution is 7.89. The topological polar surface area (TPSA) is 92.8 Å². The Balaban J connectivity index is 1.33. The first kappa shape index (κ1) is 20.0. The van der Waals surface area contributed by atoms with Gasteiger partial charge in [0.1, 0.15) is 6.04 Å². The monoisotopic (exact) mass is 416 g/mol. The number of hydrogen-bond donors (Lipinski definition) is 1. The van der Waals surface area contributed by atoms with E-state index < -0.39 is 27.3 Å². The van der Waals surface area contributed by atoms with Crippen LogP contribution in [0, 0.1) is 0 Å². The van der Waals surface area contributed by atoms with E-state index in [0.717, 1.165) is 23.6 Å². The van der Waals surface area contributed by atoms with Gasteiger partial charge in [0, 0.05) is 25.2 Å². The summed E-state index contributed by atoms with van der Waals surface area (Å²) in [5.41, 5.74) is 0.477. The molecule has 0 bridgehead atoms. The first-order valence-electron chi connectivity index (χ1n) is 9.86. The van der Waals surface area contributed by atoms with E-state index in [2.05, 4.69) is 5.32 Å². The molecule has 0 aliphatic carbocycles. The van der Waals surface area contributed by atoms with E-state index in [0.29, 0.717) is 18.7 Å². The summed E-state index contributed by atoms with van der Waals surface area (Å²) < 4.78 is 32.0. The van der Waals surface area contributed by atoms with Gasteiger partial charge in [0.05, 0.1) is 5.25 Å². The van der Waals surface area contributed by atoms with Gasteiger partial charge in [0.25, 0.3) is 0 Å². The van der Waals surface area contributed by atoms with Crippen molar-refractivity contribution >= 4 is 32.5 Å². The lowest BCUT2D eigenvalue weighted by atomic mass is 10.0. The molecule has 7 nitrogen and oxygen atoms in total. The van der Waals surface area contributed by atoms with Crippen LogP contribution < -0.4 is 5.32 Å². The molecular weight excluding hydrogens is 392 g/mol. The number of sulfonamides is 1. The molecule has 0 radical (unpaired) electrons. The summed E-state index contributed by atoms with van der Waals surface area (Å²) in [5.74, 6) is -0.874. The van der Waals surface area contributed by atoms with E-state index in [1.54, 1.807) is 12.1 Å². The molecule has 154 valence electrons. The van der Waals surface area contributed by atoms with Crippen molar-refractivity contribution in [2.24, 2.45) is 0 Å². The Kier molecular flexibility index (Phi) is 5.67. The van der Waals surface area contributed by atoms with Crippen LogP contribution in [0.5, 0.6) is 0 Å². The largest absolute Gasteiger partial charge is 0.456 e. The number of ketones is 1. The van der Waals surface area contributed by atoms with Crippen LogP contribution in [-0.4, -0.2) is 62.0 Å². The van der Waals surface area contributed by atoms with Crippen LogP contribution in [0.3, 0.4) is 0 Å². The summed E-state index contributed by atoms with van der Waals surface area (Å²) in [4.78, 5) is 24.7. The minimum Gasteiger partial charge on any atom is -0.456 e. The van der Waals surface area contributed by atoms with Gasteiger partial charge in [-0.1, -0.05) is 36.4 Å². The Morgan fingerprint density at radius 3 is 2.55 bits per heavy atom. The van der Waals surface area contributed by atoms with E-state index in [9.17, 15) is 18.0 Å². The van der Waals surface area contributed by atoms with Crippen LogP contribution in [0.15, 0.2) is 42.5 Å². The van der Waals surface area contributed by atoms with Gasteiger partial charge in [-0.2, -0.15) is 0 Å². The van der Waals surface area contributed by atoms with Crippen molar-refractivity contribution in [3.05, 3.63) is 48.0 Å². The number of Topliss-reactive ketones (excluding diaryl/α,β-unsaturated/α-hetero) is 1. The molecule has 2 aliphatic rings. The molecule has 2 heterocycles. The number of esters is 1.